The van der Waals surface area contributed by atoms with Gasteiger partial charge in [0, 0.05) is 25.7 Å². The van der Waals surface area contributed by atoms with E-state index in [1.165, 1.54) is 24.2 Å². The fraction of sp³-hybridized carbons (Fsp3) is 0.407. The van der Waals surface area contributed by atoms with E-state index >= 15 is 0 Å². The van der Waals surface area contributed by atoms with E-state index in [1.807, 2.05) is 66.5 Å². The summed E-state index contributed by atoms with van der Waals surface area (Å²) in [4.78, 5) is 30.2. The first-order valence-corrected chi connectivity index (χ1v) is 11.6. The number of hydrogen-bond donors (Lipinski definition) is 0. The van der Waals surface area contributed by atoms with Crippen LogP contribution in [0.2, 0.25) is 0 Å². The Balaban J connectivity index is 1.87. The van der Waals surface area contributed by atoms with Gasteiger partial charge in [-0.15, -0.1) is 0 Å². The van der Waals surface area contributed by atoms with Crippen molar-refractivity contribution in [3.05, 3.63) is 71.4 Å². The third-order valence-electron chi connectivity index (χ3n) is 5.90. The number of nitrogens with zero attached hydrogens (tertiary/aromatic N) is 2. The summed E-state index contributed by atoms with van der Waals surface area (Å²) in [5.74, 6) is 0.140. The van der Waals surface area contributed by atoms with Crippen LogP contribution in [0.1, 0.15) is 56.6 Å². The summed E-state index contributed by atoms with van der Waals surface area (Å²) in [7, 11) is 3.46. The van der Waals surface area contributed by atoms with Crippen molar-refractivity contribution in [2.75, 3.05) is 20.7 Å². The normalized spacial score (nSPS) is 13.8. The quantitative estimate of drug-likeness (QED) is 0.337. The van der Waals surface area contributed by atoms with Crippen LogP contribution < -0.4 is 4.74 Å². The lowest BCUT2D eigenvalue weighted by molar-refractivity contribution is -0.137. The smallest absolute Gasteiger partial charge is 0.277 e. The van der Waals surface area contributed by atoms with E-state index in [9.17, 15) is 9.59 Å². The number of hydrogen-bond acceptors (Lipinski definition) is 4. The summed E-state index contributed by atoms with van der Waals surface area (Å²) in [5, 5.41) is 0. The number of carbonyl (C=O) groups excluding carboxylic acids is 2. The van der Waals surface area contributed by atoms with Gasteiger partial charge in [-0.3, -0.25) is 14.5 Å². The van der Waals surface area contributed by atoms with Crippen LogP contribution in [0.3, 0.4) is 0 Å². The third-order valence-corrected chi connectivity index (χ3v) is 5.90. The van der Waals surface area contributed by atoms with Gasteiger partial charge in [0.15, 0.2) is 0 Å². The van der Waals surface area contributed by atoms with Crippen molar-refractivity contribution in [1.29, 1.82) is 0 Å². The molecular formula is C27H34N2O3. The van der Waals surface area contributed by atoms with Crippen molar-refractivity contribution in [2.45, 2.75) is 52.0 Å². The van der Waals surface area contributed by atoms with E-state index in [2.05, 4.69) is 6.92 Å². The molecule has 1 heterocycles. The van der Waals surface area contributed by atoms with Crippen LogP contribution >= 0.6 is 0 Å². The van der Waals surface area contributed by atoms with Gasteiger partial charge in [-0.1, -0.05) is 87.6 Å². The molecule has 0 spiro atoms. The Morgan fingerprint density at radius 2 is 1.50 bits per heavy atom. The van der Waals surface area contributed by atoms with Gasteiger partial charge in [0.25, 0.3) is 11.8 Å². The predicted octanol–water partition coefficient (Wildman–Crippen LogP) is 5.27. The van der Waals surface area contributed by atoms with Gasteiger partial charge < -0.3 is 9.64 Å². The number of carbonyl (C=O) groups is 2. The molecule has 0 saturated heterocycles. The standard InChI is InChI=1S/C27H34N2O3/c1-4-5-6-7-8-14-19-29-26(30)24(22-17-12-13-18-23(22)32-3)25(27(29)31)28(2)20-21-15-10-9-11-16-21/h9-13,15-18H,4-8,14,19-20H2,1-3H3. The van der Waals surface area contributed by atoms with E-state index in [0.29, 0.717) is 35.7 Å². The number of methoxy groups -OCH3 is 1. The molecule has 2 aromatic rings. The Bertz CT molecular complexity index is 952. The van der Waals surface area contributed by atoms with E-state index < -0.39 is 0 Å². The Labute approximate surface area is 191 Å². The molecule has 0 aliphatic carbocycles. The van der Waals surface area contributed by atoms with E-state index in [1.54, 1.807) is 7.11 Å². The molecular weight excluding hydrogens is 400 g/mol. The highest BCUT2D eigenvalue weighted by atomic mass is 16.5. The zero-order chi connectivity index (χ0) is 22.9. The fourth-order valence-electron chi connectivity index (χ4n) is 4.20. The van der Waals surface area contributed by atoms with Gasteiger partial charge in [-0.05, 0) is 18.1 Å². The van der Waals surface area contributed by atoms with Gasteiger partial charge in [0.05, 0.1) is 12.7 Å². The summed E-state index contributed by atoms with van der Waals surface area (Å²) < 4.78 is 5.52. The number of ether oxygens (including phenoxy) is 1. The Morgan fingerprint density at radius 1 is 0.844 bits per heavy atom. The Morgan fingerprint density at radius 3 is 2.22 bits per heavy atom. The lowest BCUT2D eigenvalue weighted by Gasteiger charge is -2.22. The molecule has 2 aromatic carbocycles. The van der Waals surface area contributed by atoms with Gasteiger partial charge in [0.1, 0.15) is 11.4 Å². The second-order valence-electron chi connectivity index (χ2n) is 8.30. The highest BCUT2D eigenvalue weighted by Crippen LogP contribution is 2.36. The van der Waals surface area contributed by atoms with Gasteiger partial charge >= 0.3 is 0 Å². The number of amides is 2. The molecule has 0 N–H and O–H groups in total. The molecule has 32 heavy (non-hydrogen) atoms. The van der Waals surface area contributed by atoms with Crippen LogP contribution in [0.25, 0.3) is 5.57 Å². The maximum atomic E-state index is 13.5. The summed E-state index contributed by atoms with van der Waals surface area (Å²) in [6.45, 7) is 3.18. The SMILES string of the molecule is CCCCCCCCN1C(=O)C(c2ccccc2OC)=C(N(C)Cc2ccccc2)C1=O. The number of unbranched alkanes of at least 4 members (excludes halogenated alkanes) is 5. The first-order valence-electron chi connectivity index (χ1n) is 11.6. The average molecular weight is 435 g/mol. The molecule has 2 amide bonds. The Hall–Kier alpha value is -3.08. The highest BCUT2D eigenvalue weighted by Gasteiger charge is 2.41. The lowest BCUT2D eigenvalue weighted by Crippen LogP contribution is -2.34. The summed E-state index contributed by atoms with van der Waals surface area (Å²) in [6, 6.07) is 17.4. The van der Waals surface area contributed by atoms with Crippen molar-refractivity contribution in [3.63, 3.8) is 0 Å². The zero-order valence-corrected chi connectivity index (χ0v) is 19.5. The summed E-state index contributed by atoms with van der Waals surface area (Å²) in [5.41, 5.74) is 2.61. The third kappa shape index (κ3) is 5.39. The molecule has 0 fully saturated rings. The van der Waals surface area contributed by atoms with Crippen LogP contribution in [0.5, 0.6) is 5.75 Å². The molecule has 170 valence electrons. The zero-order valence-electron chi connectivity index (χ0n) is 19.5. The van der Waals surface area contributed by atoms with E-state index in [0.717, 1.165) is 24.8 Å². The average Bonchev–Trinajstić information content (AvgIpc) is 3.06. The first kappa shape index (κ1) is 23.6. The van der Waals surface area contributed by atoms with E-state index in [4.69, 9.17) is 4.74 Å². The molecule has 0 unspecified atom stereocenters. The van der Waals surface area contributed by atoms with Gasteiger partial charge in [-0.25, -0.2) is 0 Å². The second kappa shape index (κ2) is 11.5. The topological polar surface area (TPSA) is 49.9 Å². The number of benzene rings is 2. The van der Waals surface area contributed by atoms with E-state index in [-0.39, 0.29) is 11.8 Å². The fourth-order valence-corrected chi connectivity index (χ4v) is 4.20. The molecule has 1 aliphatic heterocycles. The van der Waals surface area contributed by atoms with Crippen molar-refractivity contribution in [3.8, 4) is 5.75 Å². The highest BCUT2D eigenvalue weighted by molar-refractivity contribution is 6.36. The molecule has 0 radical (unpaired) electrons. The van der Waals surface area contributed by atoms with Crippen LogP contribution in [-0.4, -0.2) is 42.3 Å². The van der Waals surface area contributed by atoms with Crippen molar-refractivity contribution in [1.82, 2.24) is 9.80 Å². The van der Waals surface area contributed by atoms with Crippen LogP contribution in [0, 0.1) is 0 Å². The molecule has 0 atom stereocenters. The van der Waals surface area contributed by atoms with Crippen molar-refractivity contribution < 1.29 is 14.3 Å². The number of rotatable bonds is 12. The summed E-state index contributed by atoms with van der Waals surface area (Å²) in [6.07, 6.45) is 6.63. The Kier molecular flexibility index (Phi) is 8.48. The number of likely N-dealkylation sites (N-methyl/N-ethyl adjacent to an activating group) is 1. The minimum absolute atomic E-state index is 0.220. The van der Waals surface area contributed by atoms with Crippen molar-refractivity contribution in [2.24, 2.45) is 0 Å². The predicted molar refractivity (Wildman–Crippen MR) is 128 cm³/mol. The molecule has 0 saturated carbocycles. The molecule has 0 bridgehead atoms. The maximum absolute atomic E-state index is 13.5. The number of imide groups is 1. The first-order chi connectivity index (χ1) is 15.6. The largest absolute Gasteiger partial charge is 0.496 e. The minimum atomic E-state index is -0.233. The lowest BCUT2D eigenvalue weighted by atomic mass is 10.0. The molecule has 5 heteroatoms. The number of para-hydroxylation sites is 1. The van der Waals surface area contributed by atoms with Gasteiger partial charge in [-0.2, -0.15) is 0 Å². The van der Waals surface area contributed by atoms with Crippen LogP contribution in [0.4, 0.5) is 0 Å². The summed E-state index contributed by atoms with van der Waals surface area (Å²) >= 11 is 0. The maximum Gasteiger partial charge on any atom is 0.277 e. The monoisotopic (exact) mass is 434 g/mol. The minimum Gasteiger partial charge on any atom is -0.496 e. The molecule has 0 aromatic heterocycles. The second-order valence-corrected chi connectivity index (χ2v) is 8.30. The molecule has 3 rings (SSSR count). The molecule has 1 aliphatic rings. The van der Waals surface area contributed by atoms with Crippen molar-refractivity contribution >= 4 is 17.4 Å². The molecule has 5 nitrogen and oxygen atoms in total. The van der Waals surface area contributed by atoms with Crippen LogP contribution in [0.15, 0.2) is 60.3 Å². The van der Waals surface area contributed by atoms with Crippen LogP contribution in [-0.2, 0) is 16.1 Å². The van der Waals surface area contributed by atoms with Gasteiger partial charge in [0.2, 0.25) is 0 Å².